The number of amidine groups is 1. The summed E-state index contributed by atoms with van der Waals surface area (Å²) in [5, 5.41) is 0. The molecule has 1 aliphatic carbocycles. The van der Waals surface area contributed by atoms with Crippen LogP contribution in [0.15, 0.2) is 29.3 Å². The van der Waals surface area contributed by atoms with Gasteiger partial charge in [-0.2, -0.15) is 0 Å². The first kappa shape index (κ1) is 16.2. The molecule has 1 atom stereocenters. The van der Waals surface area contributed by atoms with Crippen LogP contribution < -0.4 is 4.90 Å². The van der Waals surface area contributed by atoms with Crippen molar-refractivity contribution in [3.63, 3.8) is 0 Å². The highest BCUT2D eigenvalue weighted by Crippen LogP contribution is 2.27. The van der Waals surface area contributed by atoms with Gasteiger partial charge < -0.3 is 4.90 Å². The van der Waals surface area contributed by atoms with Gasteiger partial charge in [-0.15, -0.1) is 0 Å². The Labute approximate surface area is 139 Å². The summed E-state index contributed by atoms with van der Waals surface area (Å²) in [6, 6.07) is 8.77. The van der Waals surface area contributed by atoms with Gasteiger partial charge in [0.05, 0.1) is 0 Å². The van der Waals surface area contributed by atoms with E-state index in [-0.39, 0.29) is 0 Å². The maximum atomic E-state index is 11.8. The predicted molar refractivity (Wildman–Crippen MR) is 96.3 cm³/mol. The number of hydrogen-bond acceptors (Lipinski definition) is 3. The quantitative estimate of drug-likeness (QED) is 0.821. The maximum Gasteiger partial charge on any atom is 0.132 e. The number of benzene rings is 1. The third-order valence-electron chi connectivity index (χ3n) is 5.11. The van der Waals surface area contributed by atoms with Gasteiger partial charge in [-0.3, -0.25) is 9.79 Å². The maximum absolute atomic E-state index is 11.8. The van der Waals surface area contributed by atoms with E-state index in [0.29, 0.717) is 11.7 Å². The van der Waals surface area contributed by atoms with Crippen LogP contribution in [0.4, 0.5) is 5.69 Å². The Balaban J connectivity index is 1.69. The van der Waals surface area contributed by atoms with E-state index in [4.69, 9.17) is 4.99 Å². The lowest BCUT2D eigenvalue weighted by Crippen LogP contribution is -2.37. The largest absolute Gasteiger partial charge is 0.330 e. The van der Waals surface area contributed by atoms with E-state index in [1.165, 1.54) is 29.9 Å². The molecule has 0 radical (unpaired) electrons. The molecule has 0 N–H and O–H groups in total. The fourth-order valence-electron chi connectivity index (χ4n) is 3.68. The Bertz CT molecular complexity index is 562. The topological polar surface area (TPSA) is 32.7 Å². The highest BCUT2D eigenvalue weighted by molar-refractivity contribution is 5.98. The van der Waals surface area contributed by atoms with Crippen molar-refractivity contribution in [1.82, 2.24) is 0 Å². The van der Waals surface area contributed by atoms with Crippen LogP contribution in [0.5, 0.6) is 0 Å². The molecule has 2 aliphatic rings. The number of aryl methyl sites for hydroxylation is 1. The number of Topliss-reactive ketones (excluding diaryl/α,β-unsaturated/α-hetero) is 1. The predicted octanol–water partition coefficient (Wildman–Crippen LogP) is 4.53. The van der Waals surface area contributed by atoms with Gasteiger partial charge in [-0.25, -0.2) is 0 Å². The Kier molecular flexibility index (Phi) is 5.47. The van der Waals surface area contributed by atoms with Crippen LogP contribution in [0.25, 0.3) is 0 Å². The smallest absolute Gasteiger partial charge is 0.132 e. The van der Waals surface area contributed by atoms with Gasteiger partial charge in [-0.1, -0.05) is 24.1 Å². The number of anilines is 1. The third-order valence-corrected chi connectivity index (χ3v) is 5.11. The second-order valence-corrected chi connectivity index (χ2v) is 7.03. The molecule has 3 rings (SSSR count). The molecule has 0 amide bonds. The molecule has 0 aromatic heterocycles. The first-order chi connectivity index (χ1) is 11.2. The van der Waals surface area contributed by atoms with Crippen LogP contribution in [0, 0.1) is 12.8 Å². The third kappa shape index (κ3) is 4.43. The standard InChI is InChI=1S/C20H28N2O/c1-16-7-10-18(11-8-16)22-14-4-13-21-20(22)15-17-5-2-3-6-19(23)12-9-17/h7-8,10-11,17H,2-6,9,12-15H2,1H3. The summed E-state index contributed by atoms with van der Waals surface area (Å²) < 4.78 is 0. The number of aliphatic imine (C=N–C) groups is 1. The van der Waals surface area contributed by atoms with Gasteiger partial charge in [0.25, 0.3) is 0 Å². The van der Waals surface area contributed by atoms with Crippen LogP contribution in [0.1, 0.15) is 56.9 Å². The molecule has 1 heterocycles. The number of ketones is 1. The van der Waals surface area contributed by atoms with Crippen LogP contribution in [0.2, 0.25) is 0 Å². The lowest BCUT2D eigenvalue weighted by molar-refractivity contribution is -0.119. The molecule has 1 aliphatic heterocycles. The van der Waals surface area contributed by atoms with E-state index in [2.05, 4.69) is 36.1 Å². The summed E-state index contributed by atoms with van der Waals surface area (Å²) >= 11 is 0. The van der Waals surface area contributed by atoms with Crippen LogP contribution in [0.3, 0.4) is 0 Å². The van der Waals surface area contributed by atoms with Crippen molar-refractivity contribution in [2.45, 2.75) is 58.3 Å². The summed E-state index contributed by atoms with van der Waals surface area (Å²) in [7, 11) is 0. The van der Waals surface area contributed by atoms with Crippen LogP contribution in [-0.4, -0.2) is 24.7 Å². The fourth-order valence-corrected chi connectivity index (χ4v) is 3.68. The number of nitrogens with zero attached hydrogens (tertiary/aromatic N) is 2. The van der Waals surface area contributed by atoms with Crippen molar-refractivity contribution in [2.24, 2.45) is 10.9 Å². The Hall–Kier alpha value is -1.64. The highest BCUT2D eigenvalue weighted by atomic mass is 16.1. The number of carbonyl (C=O) groups is 1. The lowest BCUT2D eigenvalue weighted by atomic mass is 9.87. The van der Waals surface area contributed by atoms with Crippen molar-refractivity contribution in [2.75, 3.05) is 18.0 Å². The summed E-state index contributed by atoms with van der Waals surface area (Å²) in [6.07, 6.45) is 8.26. The molecule has 0 spiro atoms. The van der Waals surface area contributed by atoms with E-state index in [1.807, 2.05) is 0 Å². The lowest BCUT2D eigenvalue weighted by Gasteiger charge is -2.32. The van der Waals surface area contributed by atoms with Crippen molar-refractivity contribution in [3.8, 4) is 0 Å². The number of hydrogen-bond donors (Lipinski definition) is 0. The molecule has 1 unspecified atom stereocenters. The summed E-state index contributed by atoms with van der Waals surface area (Å²) in [5.74, 6) is 2.30. The van der Waals surface area contributed by atoms with Gasteiger partial charge >= 0.3 is 0 Å². The molecule has 124 valence electrons. The monoisotopic (exact) mass is 312 g/mol. The Morgan fingerprint density at radius 2 is 1.91 bits per heavy atom. The SMILES string of the molecule is Cc1ccc(N2CCCN=C2CC2CCCCC(=O)CC2)cc1. The molecular weight excluding hydrogens is 284 g/mol. The summed E-state index contributed by atoms with van der Waals surface area (Å²) in [6.45, 7) is 4.14. The molecule has 1 aromatic carbocycles. The molecule has 0 saturated heterocycles. The van der Waals surface area contributed by atoms with Crippen molar-refractivity contribution < 1.29 is 4.79 Å². The van der Waals surface area contributed by atoms with Crippen molar-refractivity contribution in [3.05, 3.63) is 29.8 Å². The second-order valence-electron chi connectivity index (χ2n) is 7.03. The molecule has 0 bridgehead atoms. The minimum Gasteiger partial charge on any atom is -0.330 e. The molecule has 3 nitrogen and oxygen atoms in total. The highest BCUT2D eigenvalue weighted by Gasteiger charge is 2.22. The van der Waals surface area contributed by atoms with E-state index in [9.17, 15) is 4.79 Å². The molecule has 1 saturated carbocycles. The minimum absolute atomic E-state index is 0.454. The van der Waals surface area contributed by atoms with Crippen molar-refractivity contribution >= 4 is 17.3 Å². The van der Waals surface area contributed by atoms with E-state index >= 15 is 0 Å². The van der Waals surface area contributed by atoms with Gasteiger partial charge in [0.15, 0.2) is 0 Å². The molecular formula is C20H28N2O. The molecule has 23 heavy (non-hydrogen) atoms. The molecule has 3 heteroatoms. The average molecular weight is 312 g/mol. The number of rotatable bonds is 3. The fraction of sp³-hybridized carbons (Fsp3) is 0.600. The molecule has 1 aromatic rings. The van der Waals surface area contributed by atoms with E-state index in [1.54, 1.807) is 0 Å². The molecule has 1 fully saturated rings. The van der Waals surface area contributed by atoms with Crippen molar-refractivity contribution in [1.29, 1.82) is 0 Å². The van der Waals surface area contributed by atoms with Crippen LogP contribution >= 0.6 is 0 Å². The summed E-state index contributed by atoms with van der Waals surface area (Å²) in [4.78, 5) is 19.0. The Morgan fingerprint density at radius 1 is 1.09 bits per heavy atom. The van der Waals surface area contributed by atoms with Gasteiger partial charge in [-0.05, 0) is 50.7 Å². The summed E-state index contributed by atoms with van der Waals surface area (Å²) in [5.41, 5.74) is 2.55. The van der Waals surface area contributed by atoms with Gasteiger partial charge in [0, 0.05) is 38.0 Å². The van der Waals surface area contributed by atoms with Crippen LogP contribution in [-0.2, 0) is 4.79 Å². The average Bonchev–Trinajstić information content (AvgIpc) is 2.55. The van der Waals surface area contributed by atoms with E-state index < -0.39 is 0 Å². The first-order valence-corrected chi connectivity index (χ1v) is 9.11. The zero-order chi connectivity index (χ0) is 16.1. The normalized spacial score (nSPS) is 23.2. The zero-order valence-electron chi connectivity index (χ0n) is 14.3. The number of carbonyl (C=O) groups excluding carboxylic acids is 1. The second kappa shape index (κ2) is 7.76. The van der Waals surface area contributed by atoms with Gasteiger partial charge in [0.1, 0.15) is 11.6 Å². The Morgan fingerprint density at radius 3 is 2.74 bits per heavy atom. The minimum atomic E-state index is 0.454. The zero-order valence-corrected chi connectivity index (χ0v) is 14.3. The first-order valence-electron chi connectivity index (χ1n) is 9.11. The van der Waals surface area contributed by atoms with Gasteiger partial charge in [0.2, 0.25) is 0 Å². The van der Waals surface area contributed by atoms with E-state index in [0.717, 1.165) is 51.6 Å².